The molecule has 123 heavy (non-hydrogen) atoms. The van der Waals surface area contributed by atoms with Gasteiger partial charge in [0.1, 0.15) is 71.0 Å². The van der Waals surface area contributed by atoms with Gasteiger partial charge in [-0.05, 0) is 44.9 Å². The van der Waals surface area contributed by atoms with Crippen molar-refractivity contribution in [2.45, 2.75) is 180 Å². The number of allylic oxidation sites excluding steroid dienone is 3. The van der Waals surface area contributed by atoms with Gasteiger partial charge in [-0.3, -0.25) is 95.9 Å². The number of carbonyl (C=O) groups is 20. The maximum Gasteiger partial charge on any atom is 0.306 e. The number of ether oxygens (including phenoxy) is 5. The van der Waals surface area contributed by atoms with Crippen LogP contribution in [0.25, 0.3) is 0 Å². The van der Waals surface area contributed by atoms with Crippen molar-refractivity contribution in [3.05, 3.63) is 62.8 Å². The van der Waals surface area contributed by atoms with Crippen molar-refractivity contribution in [2.75, 3.05) is 98.5 Å². The molecule has 0 aliphatic heterocycles. The number of rotatable bonds is 57. The summed E-state index contributed by atoms with van der Waals surface area (Å²) in [4.78, 5) is 209. The third-order valence-electron chi connectivity index (χ3n) is 12.0. The van der Waals surface area contributed by atoms with Crippen molar-refractivity contribution in [3.8, 4) is 0 Å². The largest absolute Gasteiger partial charge is 0.481 e. The number of esters is 5. The zero-order valence-electron chi connectivity index (χ0n) is 69.3. The number of ketones is 10. The second-order valence-corrected chi connectivity index (χ2v) is 21.9. The third kappa shape index (κ3) is 177. The SMILES string of the molecule is C=CCCCCOC(=O)CCC(=O)CN.C=CCCCOC(=O)CCC(=O)CN.C=CCCOC(=O)CCC(=O)CN.C=CCOC(=O)CCC(=O)CN.CC/C=C\COC(=O)CCC(=O)CN.Cl.Cl.Cl.Cl.Cl.Cl.Cl.Cl.Cl.Cl.NCC(=O)CCC(=O)O.NCC(=O)CCC(=O)O.NCC(=O)CCC(=O)O.NCC(=O)CCC(=O)O.NCC(=O)CCC(=O)O. The maximum absolute atomic E-state index is 11.1. The fourth-order valence-corrected chi connectivity index (χ4v) is 5.59. The first-order valence-electron chi connectivity index (χ1n) is 35.5. The molecule has 0 rings (SSSR count). The Hall–Kier alpha value is -7.40. The van der Waals surface area contributed by atoms with Gasteiger partial charge in [0.25, 0.3) is 0 Å². The van der Waals surface area contributed by atoms with Crippen molar-refractivity contribution in [1.82, 2.24) is 0 Å². The smallest absolute Gasteiger partial charge is 0.306 e. The van der Waals surface area contributed by atoms with Gasteiger partial charge < -0.3 is 107 Å². The van der Waals surface area contributed by atoms with Crippen LogP contribution in [0.2, 0.25) is 0 Å². The van der Waals surface area contributed by atoms with Crippen LogP contribution in [0.3, 0.4) is 0 Å². The van der Waals surface area contributed by atoms with Gasteiger partial charge in [-0.2, -0.15) is 0 Å². The minimum Gasteiger partial charge on any atom is -0.481 e. The van der Waals surface area contributed by atoms with Crippen LogP contribution in [0.1, 0.15) is 180 Å². The van der Waals surface area contributed by atoms with Gasteiger partial charge in [0.05, 0.1) is 149 Å². The molecule has 0 aromatic carbocycles. The molecule has 0 aliphatic carbocycles. The number of aliphatic carboxylic acids is 5. The molecule has 0 unspecified atom stereocenters. The Labute approximate surface area is 780 Å². The first-order chi connectivity index (χ1) is 53.3. The number of hydrogen-bond acceptors (Lipinski definition) is 35. The lowest BCUT2D eigenvalue weighted by Gasteiger charge is -2.03. The van der Waals surface area contributed by atoms with E-state index >= 15 is 0 Å². The van der Waals surface area contributed by atoms with E-state index in [1.54, 1.807) is 18.2 Å². The molecule has 0 saturated carbocycles. The fourth-order valence-electron chi connectivity index (χ4n) is 5.59. The lowest BCUT2D eigenvalue weighted by Crippen LogP contribution is -2.15. The molecule has 50 heteroatoms. The number of nitrogens with two attached hydrogens (primary N) is 10. The number of Topliss-reactive ketones (excluding diaryl/α,β-unsaturated/α-hetero) is 10. The Kier molecular flexibility index (Phi) is 179. The monoisotopic (exact) mass is 1980 g/mol. The van der Waals surface area contributed by atoms with E-state index < -0.39 is 35.8 Å². The van der Waals surface area contributed by atoms with E-state index in [-0.39, 0.29) is 413 Å². The van der Waals surface area contributed by atoms with Crippen LogP contribution in [-0.2, 0) is 120 Å². The number of carboxylic acids is 5. The Bertz CT molecular complexity index is 2690. The van der Waals surface area contributed by atoms with Crippen molar-refractivity contribution >= 4 is 242 Å². The van der Waals surface area contributed by atoms with Crippen LogP contribution < -0.4 is 57.3 Å². The summed E-state index contributed by atoms with van der Waals surface area (Å²) < 4.78 is 24.0. The van der Waals surface area contributed by atoms with Gasteiger partial charge in [-0.25, -0.2) is 0 Å². The van der Waals surface area contributed by atoms with E-state index in [0.29, 0.717) is 26.2 Å². The highest BCUT2D eigenvalue weighted by atomic mass is 35.5. The highest BCUT2D eigenvalue weighted by Gasteiger charge is 2.12. The zero-order valence-corrected chi connectivity index (χ0v) is 77.5. The van der Waals surface area contributed by atoms with Gasteiger partial charge in [-0.1, -0.05) is 50.0 Å². The lowest BCUT2D eigenvalue weighted by molar-refractivity contribution is -0.145. The third-order valence-corrected chi connectivity index (χ3v) is 12.0. The van der Waals surface area contributed by atoms with Crippen LogP contribution in [-0.4, -0.2) is 242 Å². The molecule has 0 aliphatic rings. The van der Waals surface area contributed by atoms with E-state index in [0.717, 1.165) is 38.5 Å². The summed E-state index contributed by atoms with van der Waals surface area (Å²) in [5.74, 6) is -8.23. The highest BCUT2D eigenvalue weighted by Crippen LogP contribution is 2.02. The molecule has 0 bridgehead atoms. The summed E-state index contributed by atoms with van der Waals surface area (Å²) in [6.07, 6.45) is 17.5. The lowest BCUT2D eigenvalue weighted by atomic mass is 10.2. The Balaban J connectivity index is -0.0000000531. The standard InChI is InChI=1S/C11H19NO3.2C10H17NO3.C9H15NO3.C8H13NO3.5C5H9NO3.10ClH/c1-2-3-4-5-8-15-11(14)7-6-10(13)9-12;2*1-2-3-4-7-14-10(13)6-5-9(12)8-11;1-2-3-6-13-9(12)5-4-8(11)7-10;1-2-5-12-8(11)4-3-7(10)6-9;5*6-3-4(7)1-2-5(8)9;;;;;;;;;;/h2H,1,3-9,12H2;3-4H,2,5-8,11H2,1H3;2H,1,3-8,11H2;2H,1,3-7,10H2;2H,1,3-6,9H2;5*1-3,6H2,(H,8,9);10*1H/b;4-3-;;;;;;;;;;;;;;;;;;. The molecule has 25 N–H and O–H groups in total. The predicted molar refractivity (Wildman–Crippen MR) is 486 cm³/mol. The second kappa shape index (κ2) is 133. The van der Waals surface area contributed by atoms with Gasteiger partial charge in [0, 0.05) is 64.2 Å². The molecule has 0 atom stereocenters. The molecule has 0 heterocycles. The summed E-state index contributed by atoms with van der Waals surface area (Å²) in [6, 6.07) is 0. The molecular weight excluding hydrogens is 1850 g/mol. The maximum atomic E-state index is 11.1. The Morgan fingerprint density at radius 1 is 0.228 bits per heavy atom. The van der Waals surface area contributed by atoms with Crippen molar-refractivity contribution in [3.63, 3.8) is 0 Å². The van der Waals surface area contributed by atoms with Gasteiger partial charge in [0.2, 0.25) is 0 Å². The quantitative estimate of drug-likeness (QED) is 0.0174. The van der Waals surface area contributed by atoms with E-state index in [1.165, 1.54) is 6.08 Å². The van der Waals surface area contributed by atoms with Crippen molar-refractivity contribution < 1.29 is 145 Å². The Morgan fingerprint density at radius 3 is 0.610 bits per heavy atom. The minimum atomic E-state index is -0.961. The van der Waals surface area contributed by atoms with Crippen LogP contribution in [0, 0.1) is 0 Å². The fraction of sp³-hybridized carbons (Fsp3) is 0.589. The van der Waals surface area contributed by atoms with Gasteiger partial charge in [-0.15, -0.1) is 144 Å². The molecule has 0 spiro atoms. The van der Waals surface area contributed by atoms with E-state index in [4.69, 9.17) is 102 Å². The molecule has 0 saturated heterocycles. The van der Waals surface area contributed by atoms with Crippen molar-refractivity contribution in [1.29, 1.82) is 0 Å². The molecule has 728 valence electrons. The molecule has 0 aromatic heterocycles. The molecule has 0 radical (unpaired) electrons. The molecular formula is C73H136Cl10N10O30. The van der Waals surface area contributed by atoms with Crippen LogP contribution in [0.5, 0.6) is 0 Å². The molecule has 0 fully saturated rings. The van der Waals surface area contributed by atoms with E-state index in [2.05, 4.69) is 31.1 Å². The second-order valence-electron chi connectivity index (χ2n) is 21.9. The summed E-state index contributed by atoms with van der Waals surface area (Å²) in [5, 5.41) is 40.3. The topological polar surface area (TPSA) is 749 Å². The highest BCUT2D eigenvalue weighted by molar-refractivity contribution is 5.90. The Morgan fingerprint density at radius 2 is 0.415 bits per heavy atom. The normalized spacial score (nSPS) is 8.61. The van der Waals surface area contributed by atoms with E-state index in [9.17, 15) is 95.9 Å². The summed E-state index contributed by atoms with van der Waals surface area (Å²) in [7, 11) is 0. The number of unbranched alkanes of at least 4 members (excludes halogenated alkanes) is 3. The van der Waals surface area contributed by atoms with Crippen LogP contribution >= 0.6 is 124 Å². The molecule has 40 nitrogen and oxygen atoms in total. The first kappa shape index (κ1) is 166. The minimum absolute atomic E-state index is 0. The van der Waals surface area contributed by atoms with E-state index in [1.807, 2.05) is 19.1 Å². The zero-order chi connectivity index (χ0) is 89.0. The molecule has 0 aromatic rings. The summed E-state index contributed by atoms with van der Waals surface area (Å²) >= 11 is 0. The molecule has 0 amide bonds. The number of carbonyl (C=O) groups excluding carboxylic acids is 15. The summed E-state index contributed by atoms with van der Waals surface area (Å²) in [6.45, 7) is 17.2. The van der Waals surface area contributed by atoms with Crippen LogP contribution in [0.15, 0.2) is 62.8 Å². The van der Waals surface area contributed by atoms with Gasteiger partial charge in [0.15, 0.2) is 0 Å². The van der Waals surface area contributed by atoms with Crippen molar-refractivity contribution in [2.24, 2.45) is 57.3 Å². The number of carboxylic acid groups (broad SMARTS) is 5. The average Bonchev–Trinajstić information content (AvgIpc) is 1.03. The number of hydrogen-bond donors (Lipinski definition) is 15. The predicted octanol–water partition coefficient (Wildman–Crippen LogP) is 4.35. The van der Waals surface area contributed by atoms with Crippen LogP contribution in [0.4, 0.5) is 0 Å². The average molecular weight is 1990 g/mol. The van der Waals surface area contributed by atoms with Gasteiger partial charge >= 0.3 is 59.7 Å². The summed E-state index contributed by atoms with van der Waals surface area (Å²) in [5.41, 5.74) is 50.0. The number of halogens is 10. The first-order valence-corrected chi connectivity index (χ1v) is 35.5.